The second kappa shape index (κ2) is 12.5. The Balaban J connectivity index is 1.73. The zero-order valence-corrected chi connectivity index (χ0v) is 21.4. The first-order valence-electron chi connectivity index (χ1n) is 12.8. The smallest absolute Gasteiger partial charge is 0.147 e. The maximum Gasteiger partial charge on any atom is 0.147 e. The molecule has 0 aliphatic carbocycles. The van der Waals surface area contributed by atoms with Crippen LogP contribution in [0, 0.1) is 11.8 Å². The SMILES string of the molecule is CC(C)C[C@@H]1COCCOCCOC[C@@H](CC(C)C)Oc2cccc3nc4cccc(c4nc23)O1. The summed E-state index contributed by atoms with van der Waals surface area (Å²) >= 11 is 0. The molecule has 0 N–H and O–H groups in total. The molecule has 0 fully saturated rings. The summed E-state index contributed by atoms with van der Waals surface area (Å²) < 4.78 is 30.4. The molecule has 7 heteroatoms. The van der Waals surface area contributed by atoms with Crippen molar-refractivity contribution in [3.63, 3.8) is 0 Å². The minimum Gasteiger partial charge on any atom is -0.486 e. The molecule has 0 radical (unpaired) electrons. The summed E-state index contributed by atoms with van der Waals surface area (Å²) in [4.78, 5) is 9.90. The van der Waals surface area contributed by atoms with Crippen molar-refractivity contribution in [2.45, 2.75) is 52.7 Å². The van der Waals surface area contributed by atoms with E-state index in [4.69, 9.17) is 33.7 Å². The lowest BCUT2D eigenvalue weighted by atomic mass is 10.1. The van der Waals surface area contributed by atoms with Crippen molar-refractivity contribution < 1.29 is 23.7 Å². The monoisotopic (exact) mass is 482 g/mol. The molecule has 35 heavy (non-hydrogen) atoms. The zero-order chi connectivity index (χ0) is 24.6. The highest BCUT2D eigenvalue weighted by Gasteiger charge is 2.19. The van der Waals surface area contributed by atoms with Gasteiger partial charge in [-0.3, -0.25) is 0 Å². The van der Waals surface area contributed by atoms with Gasteiger partial charge in [0.05, 0.1) is 50.7 Å². The first kappa shape index (κ1) is 25.6. The molecule has 2 bridgehead atoms. The molecule has 3 aromatic rings. The van der Waals surface area contributed by atoms with Crippen molar-refractivity contribution >= 4 is 22.1 Å². The van der Waals surface area contributed by atoms with Gasteiger partial charge in [-0.1, -0.05) is 39.8 Å². The highest BCUT2D eigenvalue weighted by atomic mass is 16.6. The topological polar surface area (TPSA) is 71.9 Å². The Kier molecular flexibility index (Phi) is 9.12. The van der Waals surface area contributed by atoms with Crippen molar-refractivity contribution in [3.8, 4) is 11.5 Å². The second-order valence-electron chi connectivity index (χ2n) is 9.97. The van der Waals surface area contributed by atoms with E-state index in [0.717, 1.165) is 34.9 Å². The highest BCUT2D eigenvalue weighted by molar-refractivity contribution is 5.92. The van der Waals surface area contributed by atoms with Gasteiger partial charge >= 0.3 is 0 Å². The summed E-state index contributed by atoms with van der Waals surface area (Å²) in [6.45, 7) is 11.8. The Bertz CT molecular complexity index is 1010. The third-order valence-electron chi connectivity index (χ3n) is 5.83. The van der Waals surface area contributed by atoms with Crippen LogP contribution in [0.2, 0.25) is 0 Å². The lowest BCUT2D eigenvalue weighted by Gasteiger charge is -2.23. The van der Waals surface area contributed by atoms with Crippen LogP contribution < -0.4 is 9.47 Å². The van der Waals surface area contributed by atoms with Crippen molar-refractivity contribution in [1.29, 1.82) is 0 Å². The minimum absolute atomic E-state index is 0.0952. The van der Waals surface area contributed by atoms with Gasteiger partial charge in [0, 0.05) is 0 Å². The molecule has 4 rings (SSSR count). The Morgan fingerprint density at radius 2 is 1.11 bits per heavy atom. The average molecular weight is 483 g/mol. The molecule has 2 heterocycles. The molecule has 0 amide bonds. The minimum atomic E-state index is -0.0952. The van der Waals surface area contributed by atoms with Gasteiger partial charge in [-0.15, -0.1) is 0 Å². The molecule has 0 unspecified atom stereocenters. The number of nitrogens with zero attached hydrogens (tertiary/aromatic N) is 2. The van der Waals surface area contributed by atoms with Gasteiger partial charge in [0.1, 0.15) is 34.7 Å². The molecule has 7 nitrogen and oxygen atoms in total. The van der Waals surface area contributed by atoms with Crippen LogP contribution in [0.4, 0.5) is 0 Å². The van der Waals surface area contributed by atoms with Crippen LogP contribution in [0.3, 0.4) is 0 Å². The summed E-state index contributed by atoms with van der Waals surface area (Å²) in [5.41, 5.74) is 3.04. The Hall–Kier alpha value is -2.48. The normalized spacial score (nSPS) is 20.7. The zero-order valence-electron chi connectivity index (χ0n) is 21.4. The van der Waals surface area contributed by atoms with Gasteiger partial charge in [0.15, 0.2) is 0 Å². The standard InChI is InChI=1S/C28H38N2O5/c1-19(2)15-21-17-32-13-11-31-12-14-33-18-22(16-20(3)4)35-26-10-6-8-24-28(26)30-27-23(29-24)7-5-9-25(27)34-21/h5-10,19-22H,11-18H2,1-4H3/t21-,22-/m1/s1. The highest BCUT2D eigenvalue weighted by Crippen LogP contribution is 2.31. The molecule has 2 aromatic carbocycles. The van der Waals surface area contributed by atoms with E-state index in [0.29, 0.717) is 63.0 Å². The molecule has 1 aromatic heterocycles. The third-order valence-corrected chi connectivity index (χ3v) is 5.83. The van der Waals surface area contributed by atoms with E-state index in [1.165, 1.54) is 0 Å². The van der Waals surface area contributed by atoms with Gasteiger partial charge in [-0.05, 0) is 48.9 Å². The molecule has 2 atom stereocenters. The van der Waals surface area contributed by atoms with Gasteiger partial charge in [0.25, 0.3) is 0 Å². The second-order valence-corrected chi connectivity index (χ2v) is 9.97. The first-order chi connectivity index (χ1) is 17.0. The van der Waals surface area contributed by atoms with E-state index in [2.05, 4.69) is 27.7 Å². The van der Waals surface area contributed by atoms with Crippen molar-refractivity contribution in [2.75, 3.05) is 39.6 Å². The van der Waals surface area contributed by atoms with Crippen LogP contribution in [0.25, 0.3) is 22.1 Å². The van der Waals surface area contributed by atoms with E-state index >= 15 is 0 Å². The van der Waals surface area contributed by atoms with E-state index < -0.39 is 0 Å². The average Bonchev–Trinajstić information content (AvgIpc) is 2.81. The molecular formula is C28H38N2O5. The van der Waals surface area contributed by atoms with Crippen LogP contribution in [0.5, 0.6) is 11.5 Å². The summed E-state index contributed by atoms with van der Waals surface area (Å²) in [6.07, 6.45) is 1.55. The quantitative estimate of drug-likeness (QED) is 0.459. The maximum atomic E-state index is 6.47. The maximum absolute atomic E-state index is 6.47. The van der Waals surface area contributed by atoms with Crippen molar-refractivity contribution in [3.05, 3.63) is 36.4 Å². The van der Waals surface area contributed by atoms with E-state index in [1.807, 2.05) is 36.4 Å². The van der Waals surface area contributed by atoms with E-state index in [1.54, 1.807) is 0 Å². The van der Waals surface area contributed by atoms with Crippen LogP contribution >= 0.6 is 0 Å². The number of rotatable bonds is 4. The Morgan fingerprint density at radius 1 is 0.657 bits per heavy atom. The molecule has 1 aliphatic rings. The number of hydrogen-bond donors (Lipinski definition) is 0. The number of hydrogen-bond acceptors (Lipinski definition) is 7. The van der Waals surface area contributed by atoms with Gasteiger partial charge < -0.3 is 23.7 Å². The summed E-state index contributed by atoms with van der Waals surface area (Å²) in [5.74, 6) is 2.35. The lowest BCUT2D eigenvalue weighted by molar-refractivity contribution is -0.0191. The summed E-state index contributed by atoms with van der Waals surface area (Å²) in [6, 6.07) is 11.8. The molecule has 0 saturated carbocycles. The van der Waals surface area contributed by atoms with Crippen LogP contribution in [-0.4, -0.2) is 61.8 Å². The fourth-order valence-corrected chi connectivity index (χ4v) is 4.34. The molecule has 0 saturated heterocycles. The molecule has 1 aliphatic heterocycles. The Labute approximate surface area is 208 Å². The number of benzene rings is 2. The number of para-hydroxylation sites is 2. The van der Waals surface area contributed by atoms with Gasteiger partial charge in [-0.2, -0.15) is 0 Å². The predicted octanol–water partition coefficient (Wildman–Crippen LogP) is 5.43. The first-order valence-corrected chi connectivity index (χ1v) is 12.8. The Morgan fingerprint density at radius 3 is 1.57 bits per heavy atom. The number of aromatic nitrogens is 2. The summed E-state index contributed by atoms with van der Waals surface area (Å²) in [5, 5.41) is 0. The van der Waals surface area contributed by atoms with Crippen LogP contribution in [0.1, 0.15) is 40.5 Å². The molecule has 190 valence electrons. The van der Waals surface area contributed by atoms with E-state index in [9.17, 15) is 0 Å². The fourth-order valence-electron chi connectivity index (χ4n) is 4.34. The van der Waals surface area contributed by atoms with Gasteiger partial charge in [0.2, 0.25) is 0 Å². The van der Waals surface area contributed by atoms with Crippen LogP contribution in [-0.2, 0) is 14.2 Å². The van der Waals surface area contributed by atoms with E-state index in [-0.39, 0.29) is 12.2 Å². The largest absolute Gasteiger partial charge is 0.486 e. The number of ether oxygens (including phenoxy) is 5. The van der Waals surface area contributed by atoms with Crippen LogP contribution in [0.15, 0.2) is 36.4 Å². The third kappa shape index (κ3) is 7.26. The van der Waals surface area contributed by atoms with Crippen molar-refractivity contribution in [2.24, 2.45) is 11.8 Å². The predicted molar refractivity (Wildman–Crippen MR) is 137 cm³/mol. The van der Waals surface area contributed by atoms with Crippen molar-refractivity contribution in [1.82, 2.24) is 9.97 Å². The molecular weight excluding hydrogens is 444 g/mol. The van der Waals surface area contributed by atoms with Gasteiger partial charge in [-0.25, -0.2) is 9.97 Å². The summed E-state index contributed by atoms with van der Waals surface area (Å²) in [7, 11) is 0. The lowest BCUT2D eigenvalue weighted by Crippen LogP contribution is -2.27. The fraction of sp³-hybridized carbons (Fsp3) is 0.571. The molecule has 0 spiro atoms.